The Balaban J connectivity index is 3.41. The minimum Gasteiger partial charge on any atom is -0.369 e. The first-order valence-electron chi connectivity index (χ1n) is 6.51. The van der Waals surface area contributed by atoms with E-state index >= 15 is 0 Å². The number of carbonyl (C=O) groups is 1. The maximum absolute atomic E-state index is 11.1. The highest BCUT2D eigenvalue weighted by Gasteiger charge is 2.12. The zero-order valence-electron chi connectivity index (χ0n) is 10.4. The zero-order valence-corrected chi connectivity index (χ0v) is 10.4. The Labute approximate surface area is 94.6 Å². The van der Waals surface area contributed by atoms with Gasteiger partial charge in [0.15, 0.2) is 0 Å². The van der Waals surface area contributed by atoms with E-state index in [1.54, 1.807) is 0 Å². The van der Waals surface area contributed by atoms with Crippen molar-refractivity contribution in [1.82, 2.24) is 0 Å². The molecule has 0 saturated carbocycles. The molecule has 1 unspecified atom stereocenters. The van der Waals surface area contributed by atoms with Crippen LogP contribution in [0.3, 0.4) is 0 Å². The third-order valence-corrected chi connectivity index (χ3v) is 2.95. The first-order chi connectivity index (χ1) is 7.22. The number of carbonyl (C=O) groups excluding carboxylic acids is 1. The summed E-state index contributed by atoms with van der Waals surface area (Å²) < 4.78 is 0. The van der Waals surface area contributed by atoms with E-state index < -0.39 is 0 Å². The van der Waals surface area contributed by atoms with E-state index in [2.05, 4.69) is 13.8 Å². The molecule has 0 heterocycles. The molecule has 0 aliphatic carbocycles. The van der Waals surface area contributed by atoms with Gasteiger partial charge in [0, 0.05) is 5.92 Å². The summed E-state index contributed by atoms with van der Waals surface area (Å²) in [6, 6.07) is 0. The molecule has 0 aromatic rings. The van der Waals surface area contributed by atoms with Crippen LogP contribution in [0.25, 0.3) is 0 Å². The summed E-state index contributed by atoms with van der Waals surface area (Å²) in [6.07, 6.45) is 10.7. The SMILES string of the molecule is CCCCCCCCC(CCC)C(N)=O. The molecule has 2 N–H and O–H groups in total. The molecule has 1 amide bonds. The summed E-state index contributed by atoms with van der Waals surface area (Å²) in [5.41, 5.74) is 5.35. The van der Waals surface area contributed by atoms with Gasteiger partial charge < -0.3 is 5.73 Å². The van der Waals surface area contributed by atoms with Gasteiger partial charge in [-0.3, -0.25) is 4.79 Å². The van der Waals surface area contributed by atoms with Crippen LogP contribution in [0, 0.1) is 5.92 Å². The van der Waals surface area contributed by atoms with E-state index in [0.717, 1.165) is 25.7 Å². The van der Waals surface area contributed by atoms with E-state index in [4.69, 9.17) is 5.73 Å². The minimum atomic E-state index is -0.106. The van der Waals surface area contributed by atoms with Crippen molar-refractivity contribution in [2.24, 2.45) is 11.7 Å². The summed E-state index contributed by atoms with van der Waals surface area (Å²) in [6.45, 7) is 4.33. The van der Waals surface area contributed by atoms with Crippen molar-refractivity contribution < 1.29 is 4.79 Å². The second-order valence-electron chi connectivity index (χ2n) is 4.44. The van der Waals surface area contributed by atoms with Gasteiger partial charge in [-0.25, -0.2) is 0 Å². The lowest BCUT2D eigenvalue weighted by Crippen LogP contribution is -2.23. The molecule has 15 heavy (non-hydrogen) atoms. The van der Waals surface area contributed by atoms with Gasteiger partial charge in [0.2, 0.25) is 5.91 Å². The summed E-state index contributed by atoms with van der Waals surface area (Å²) in [4.78, 5) is 11.1. The van der Waals surface area contributed by atoms with Crippen molar-refractivity contribution in [3.8, 4) is 0 Å². The fraction of sp³-hybridized carbons (Fsp3) is 0.923. The fourth-order valence-corrected chi connectivity index (χ4v) is 1.95. The molecule has 90 valence electrons. The molecule has 0 aromatic heterocycles. The van der Waals surface area contributed by atoms with Crippen LogP contribution in [-0.4, -0.2) is 5.91 Å². The second kappa shape index (κ2) is 10.0. The van der Waals surface area contributed by atoms with Crippen LogP contribution in [-0.2, 0) is 4.79 Å². The maximum atomic E-state index is 11.1. The van der Waals surface area contributed by atoms with Crippen molar-refractivity contribution in [3.63, 3.8) is 0 Å². The molecule has 2 nitrogen and oxygen atoms in total. The average Bonchev–Trinajstić information content (AvgIpc) is 2.21. The standard InChI is InChI=1S/C13H27NO/c1-3-5-6-7-8-9-11-12(10-4-2)13(14)15/h12H,3-11H2,1-2H3,(H2,14,15). The molecule has 0 fully saturated rings. The summed E-state index contributed by atoms with van der Waals surface area (Å²) in [7, 11) is 0. The normalized spacial score (nSPS) is 12.7. The lowest BCUT2D eigenvalue weighted by molar-refractivity contribution is -0.122. The molecule has 2 heteroatoms. The third kappa shape index (κ3) is 8.46. The van der Waals surface area contributed by atoms with Crippen molar-refractivity contribution in [2.75, 3.05) is 0 Å². The highest BCUT2D eigenvalue weighted by Crippen LogP contribution is 2.16. The van der Waals surface area contributed by atoms with Crippen LogP contribution in [0.1, 0.15) is 71.6 Å². The molecule has 0 aliphatic rings. The molecule has 0 bridgehead atoms. The van der Waals surface area contributed by atoms with Gasteiger partial charge in [-0.05, 0) is 12.8 Å². The predicted molar refractivity (Wildman–Crippen MR) is 65.6 cm³/mol. The summed E-state index contributed by atoms with van der Waals surface area (Å²) >= 11 is 0. The van der Waals surface area contributed by atoms with E-state index in [-0.39, 0.29) is 11.8 Å². The Bertz CT molecular complexity index is 157. The van der Waals surface area contributed by atoms with E-state index in [0.29, 0.717) is 0 Å². The van der Waals surface area contributed by atoms with Crippen LogP contribution in [0.2, 0.25) is 0 Å². The van der Waals surface area contributed by atoms with Crippen molar-refractivity contribution in [2.45, 2.75) is 71.6 Å². The van der Waals surface area contributed by atoms with Crippen LogP contribution < -0.4 is 5.73 Å². The number of primary amides is 1. The molecule has 0 aromatic carbocycles. The number of hydrogen-bond acceptors (Lipinski definition) is 1. The Morgan fingerprint density at radius 1 is 0.933 bits per heavy atom. The molecular weight excluding hydrogens is 186 g/mol. The zero-order chi connectivity index (χ0) is 11.5. The Morgan fingerprint density at radius 2 is 1.53 bits per heavy atom. The van der Waals surface area contributed by atoms with Crippen molar-refractivity contribution in [1.29, 1.82) is 0 Å². The minimum absolute atomic E-state index is 0.106. The molecule has 1 atom stereocenters. The fourth-order valence-electron chi connectivity index (χ4n) is 1.95. The number of rotatable bonds is 10. The molecule has 0 spiro atoms. The summed E-state index contributed by atoms with van der Waals surface area (Å²) in [5.74, 6) is 0.0200. The lowest BCUT2D eigenvalue weighted by Gasteiger charge is -2.11. The smallest absolute Gasteiger partial charge is 0.220 e. The lowest BCUT2D eigenvalue weighted by atomic mass is 9.95. The predicted octanol–water partition coefficient (Wildman–Crippen LogP) is 3.64. The van der Waals surface area contributed by atoms with Gasteiger partial charge in [0.05, 0.1) is 0 Å². The van der Waals surface area contributed by atoms with Gasteiger partial charge in [0.1, 0.15) is 0 Å². The average molecular weight is 213 g/mol. The monoisotopic (exact) mass is 213 g/mol. The van der Waals surface area contributed by atoms with Gasteiger partial charge in [-0.15, -0.1) is 0 Å². The molecule has 0 radical (unpaired) electrons. The van der Waals surface area contributed by atoms with Crippen LogP contribution >= 0.6 is 0 Å². The number of unbranched alkanes of at least 4 members (excludes halogenated alkanes) is 5. The second-order valence-corrected chi connectivity index (χ2v) is 4.44. The quantitative estimate of drug-likeness (QED) is 0.553. The van der Waals surface area contributed by atoms with E-state index in [1.165, 1.54) is 32.1 Å². The third-order valence-electron chi connectivity index (χ3n) is 2.95. The first kappa shape index (κ1) is 14.5. The van der Waals surface area contributed by atoms with Crippen LogP contribution in [0.5, 0.6) is 0 Å². The van der Waals surface area contributed by atoms with Gasteiger partial charge >= 0.3 is 0 Å². The number of hydrogen-bond donors (Lipinski definition) is 1. The Morgan fingerprint density at radius 3 is 2.07 bits per heavy atom. The summed E-state index contributed by atoms with van der Waals surface area (Å²) in [5, 5.41) is 0. The van der Waals surface area contributed by atoms with Crippen molar-refractivity contribution >= 4 is 5.91 Å². The highest BCUT2D eigenvalue weighted by atomic mass is 16.1. The molecule has 0 aliphatic heterocycles. The van der Waals surface area contributed by atoms with E-state index in [9.17, 15) is 4.79 Å². The van der Waals surface area contributed by atoms with E-state index in [1.807, 2.05) is 0 Å². The molecular formula is C13H27NO. The van der Waals surface area contributed by atoms with Gasteiger partial charge in [0.25, 0.3) is 0 Å². The maximum Gasteiger partial charge on any atom is 0.220 e. The molecule has 0 saturated heterocycles. The van der Waals surface area contributed by atoms with Crippen LogP contribution in [0.15, 0.2) is 0 Å². The Kier molecular flexibility index (Phi) is 9.65. The Hall–Kier alpha value is -0.530. The van der Waals surface area contributed by atoms with Crippen LogP contribution in [0.4, 0.5) is 0 Å². The number of amides is 1. The largest absolute Gasteiger partial charge is 0.369 e. The highest BCUT2D eigenvalue weighted by molar-refractivity contribution is 5.76. The van der Waals surface area contributed by atoms with Crippen molar-refractivity contribution in [3.05, 3.63) is 0 Å². The topological polar surface area (TPSA) is 43.1 Å². The number of nitrogens with two attached hydrogens (primary N) is 1. The first-order valence-corrected chi connectivity index (χ1v) is 6.51. The van der Waals surface area contributed by atoms with Gasteiger partial charge in [-0.2, -0.15) is 0 Å². The molecule has 0 rings (SSSR count). The van der Waals surface area contributed by atoms with Gasteiger partial charge in [-0.1, -0.05) is 58.8 Å².